The first-order valence-electron chi connectivity index (χ1n) is 6.89. The molecule has 0 amide bonds. The van der Waals surface area contributed by atoms with Gasteiger partial charge in [0.25, 0.3) is 0 Å². The van der Waals surface area contributed by atoms with E-state index in [2.05, 4.69) is 5.32 Å². The highest BCUT2D eigenvalue weighted by molar-refractivity contribution is 5.58. The van der Waals surface area contributed by atoms with E-state index >= 15 is 0 Å². The fraction of sp³-hybridized carbons (Fsp3) is 0.294. The molecule has 1 N–H and O–H groups in total. The fourth-order valence-corrected chi connectivity index (χ4v) is 2.23. The van der Waals surface area contributed by atoms with Gasteiger partial charge in [-0.05, 0) is 29.8 Å². The van der Waals surface area contributed by atoms with Crippen LogP contribution < -0.4 is 24.3 Å². The lowest BCUT2D eigenvalue weighted by Gasteiger charge is -2.15. The first kappa shape index (κ1) is 15.8. The van der Waals surface area contributed by atoms with E-state index in [1.54, 1.807) is 28.4 Å². The Balaban J connectivity index is 2.22. The number of anilines is 1. The second kappa shape index (κ2) is 7.45. The van der Waals surface area contributed by atoms with Gasteiger partial charge in [0.05, 0.1) is 34.1 Å². The monoisotopic (exact) mass is 303 g/mol. The van der Waals surface area contributed by atoms with Crippen molar-refractivity contribution < 1.29 is 18.9 Å². The van der Waals surface area contributed by atoms with E-state index in [-0.39, 0.29) is 0 Å². The third-order valence-corrected chi connectivity index (χ3v) is 3.31. The summed E-state index contributed by atoms with van der Waals surface area (Å²) in [4.78, 5) is 0. The summed E-state index contributed by atoms with van der Waals surface area (Å²) in [5.41, 5.74) is 1.94. The zero-order valence-electron chi connectivity index (χ0n) is 13.3. The second-order valence-electron chi connectivity index (χ2n) is 4.59. The molecule has 0 bridgehead atoms. The Morgan fingerprint density at radius 1 is 0.773 bits per heavy atom. The Morgan fingerprint density at radius 2 is 1.36 bits per heavy atom. The quantitative estimate of drug-likeness (QED) is 0.850. The minimum Gasteiger partial charge on any atom is -0.495 e. The van der Waals surface area contributed by atoms with Crippen LogP contribution in [-0.4, -0.2) is 28.4 Å². The molecule has 2 aromatic carbocycles. The SMILES string of the molecule is COc1ccccc1NCc1cc(OC)c(OC)c(OC)c1. The number of nitrogens with one attached hydrogen (secondary N) is 1. The van der Waals surface area contributed by atoms with Gasteiger partial charge in [0, 0.05) is 6.54 Å². The third-order valence-electron chi connectivity index (χ3n) is 3.31. The van der Waals surface area contributed by atoms with Crippen molar-refractivity contribution in [1.82, 2.24) is 0 Å². The molecule has 0 aliphatic heterocycles. The van der Waals surface area contributed by atoms with Crippen molar-refractivity contribution in [1.29, 1.82) is 0 Å². The molecule has 0 unspecified atom stereocenters. The summed E-state index contributed by atoms with van der Waals surface area (Å²) < 4.78 is 21.4. The van der Waals surface area contributed by atoms with Crippen molar-refractivity contribution in [2.24, 2.45) is 0 Å². The first-order chi connectivity index (χ1) is 10.7. The van der Waals surface area contributed by atoms with Crippen molar-refractivity contribution in [3.63, 3.8) is 0 Å². The second-order valence-corrected chi connectivity index (χ2v) is 4.59. The van der Waals surface area contributed by atoms with Crippen molar-refractivity contribution in [3.05, 3.63) is 42.0 Å². The zero-order chi connectivity index (χ0) is 15.9. The maximum Gasteiger partial charge on any atom is 0.203 e. The normalized spacial score (nSPS) is 10.0. The molecule has 0 aliphatic rings. The van der Waals surface area contributed by atoms with Crippen molar-refractivity contribution in [3.8, 4) is 23.0 Å². The van der Waals surface area contributed by atoms with Crippen molar-refractivity contribution in [2.75, 3.05) is 33.8 Å². The van der Waals surface area contributed by atoms with Gasteiger partial charge in [-0.3, -0.25) is 0 Å². The highest BCUT2D eigenvalue weighted by Crippen LogP contribution is 2.38. The van der Waals surface area contributed by atoms with Gasteiger partial charge < -0.3 is 24.3 Å². The molecule has 0 heterocycles. The molecule has 0 saturated heterocycles. The van der Waals surface area contributed by atoms with Gasteiger partial charge in [0.15, 0.2) is 11.5 Å². The summed E-state index contributed by atoms with van der Waals surface area (Å²) in [5, 5.41) is 3.34. The van der Waals surface area contributed by atoms with Crippen LogP contribution in [0, 0.1) is 0 Å². The Bertz CT molecular complexity index is 603. The largest absolute Gasteiger partial charge is 0.495 e. The smallest absolute Gasteiger partial charge is 0.203 e. The summed E-state index contributed by atoms with van der Waals surface area (Å²) in [6, 6.07) is 11.6. The van der Waals surface area contributed by atoms with E-state index in [1.807, 2.05) is 36.4 Å². The molecule has 0 atom stereocenters. The van der Waals surface area contributed by atoms with E-state index in [0.717, 1.165) is 17.0 Å². The van der Waals surface area contributed by atoms with E-state index in [4.69, 9.17) is 18.9 Å². The molecule has 5 nitrogen and oxygen atoms in total. The zero-order valence-corrected chi connectivity index (χ0v) is 13.3. The maximum atomic E-state index is 5.36. The van der Waals surface area contributed by atoms with Crippen LogP contribution in [0.2, 0.25) is 0 Å². The average molecular weight is 303 g/mol. The van der Waals surface area contributed by atoms with Crippen LogP contribution in [0.5, 0.6) is 23.0 Å². The highest BCUT2D eigenvalue weighted by atomic mass is 16.5. The van der Waals surface area contributed by atoms with Crippen LogP contribution >= 0.6 is 0 Å². The first-order valence-corrected chi connectivity index (χ1v) is 6.89. The number of hydrogen-bond donors (Lipinski definition) is 1. The highest BCUT2D eigenvalue weighted by Gasteiger charge is 2.13. The number of benzene rings is 2. The van der Waals surface area contributed by atoms with Crippen molar-refractivity contribution >= 4 is 5.69 Å². The number of ether oxygens (including phenoxy) is 4. The molecule has 0 aliphatic carbocycles. The molecule has 0 saturated carbocycles. The van der Waals surface area contributed by atoms with Crippen LogP contribution in [0.15, 0.2) is 36.4 Å². The minimum absolute atomic E-state index is 0.589. The average Bonchev–Trinajstić information content (AvgIpc) is 2.58. The Hall–Kier alpha value is -2.56. The predicted molar refractivity (Wildman–Crippen MR) is 86.4 cm³/mol. The third kappa shape index (κ3) is 3.36. The summed E-state index contributed by atoms with van der Waals surface area (Å²) in [5.74, 6) is 2.67. The Morgan fingerprint density at radius 3 is 1.91 bits per heavy atom. The number of hydrogen-bond acceptors (Lipinski definition) is 5. The lowest BCUT2D eigenvalue weighted by molar-refractivity contribution is 0.324. The minimum atomic E-state index is 0.589. The molecule has 2 rings (SSSR count). The van der Waals surface area contributed by atoms with Crippen LogP contribution in [0.1, 0.15) is 5.56 Å². The van der Waals surface area contributed by atoms with Gasteiger partial charge in [-0.1, -0.05) is 12.1 Å². The summed E-state index contributed by atoms with van der Waals surface area (Å²) in [6.45, 7) is 0.608. The molecule has 0 aromatic heterocycles. The van der Waals surface area contributed by atoms with E-state index < -0.39 is 0 Å². The van der Waals surface area contributed by atoms with Crippen LogP contribution in [0.25, 0.3) is 0 Å². The Kier molecular flexibility index (Phi) is 5.36. The fourth-order valence-electron chi connectivity index (χ4n) is 2.23. The molecule has 118 valence electrons. The molecule has 2 aromatic rings. The maximum absolute atomic E-state index is 5.36. The van der Waals surface area contributed by atoms with Gasteiger partial charge in [-0.15, -0.1) is 0 Å². The summed E-state index contributed by atoms with van der Waals surface area (Å²) >= 11 is 0. The summed E-state index contributed by atoms with van der Waals surface area (Å²) in [6.07, 6.45) is 0. The lowest BCUT2D eigenvalue weighted by Crippen LogP contribution is -2.03. The molecular formula is C17H21NO4. The number of para-hydroxylation sites is 2. The standard InChI is InChI=1S/C17H21NO4/c1-19-14-8-6-5-7-13(14)18-11-12-9-15(20-2)17(22-4)16(10-12)21-3/h5-10,18H,11H2,1-4H3. The summed E-state index contributed by atoms with van der Waals surface area (Å²) in [7, 11) is 6.45. The van der Waals surface area contributed by atoms with E-state index in [1.165, 1.54) is 0 Å². The van der Waals surface area contributed by atoms with Gasteiger partial charge >= 0.3 is 0 Å². The van der Waals surface area contributed by atoms with Crippen LogP contribution in [0.4, 0.5) is 5.69 Å². The van der Waals surface area contributed by atoms with Gasteiger partial charge in [0.2, 0.25) is 5.75 Å². The van der Waals surface area contributed by atoms with Gasteiger partial charge in [0.1, 0.15) is 5.75 Å². The van der Waals surface area contributed by atoms with E-state index in [0.29, 0.717) is 23.8 Å². The molecule has 0 spiro atoms. The Labute approximate surface area is 130 Å². The van der Waals surface area contributed by atoms with Crippen LogP contribution in [0.3, 0.4) is 0 Å². The molecule has 22 heavy (non-hydrogen) atoms. The van der Waals surface area contributed by atoms with E-state index in [9.17, 15) is 0 Å². The number of methoxy groups -OCH3 is 4. The molecule has 0 radical (unpaired) electrons. The van der Waals surface area contributed by atoms with Gasteiger partial charge in [-0.25, -0.2) is 0 Å². The van der Waals surface area contributed by atoms with Crippen LogP contribution in [-0.2, 0) is 6.54 Å². The molecule has 0 fully saturated rings. The topological polar surface area (TPSA) is 49.0 Å². The lowest BCUT2D eigenvalue weighted by atomic mass is 10.1. The number of rotatable bonds is 7. The molecular weight excluding hydrogens is 282 g/mol. The predicted octanol–water partition coefficient (Wildman–Crippen LogP) is 3.33. The van der Waals surface area contributed by atoms with Crippen molar-refractivity contribution in [2.45, 2.75) is 6.54 Å². The molecule has 5 heteroatoms. The van der Waals surface area contributed by atoms with Gasteiger partial charge in [-0.2, -0.15) is 0 Å².